The molecule has 1 heteroatoms. The molecule has 0 aliphatic heterocycles. The Morgan fingerprint density at radius 1 is 1.46 bits per heavy atom. The summed E-state index contributed by atoms with van der Waals surface area (Å²) < 4.78 is 5.42. The highest BCUT2D eigenvalue weighted by Gasteiger charge is 1.92. The lowest BCUT2D eigenvalue weighted by atomic mass is 10.2. The van der Waals surface area contributed by atoms with Gasteiger partial charge in [0.1, 0.15) is 5.76 Å². The maximum Gasteiger partial charge on any atom is 0.126 e. The van der Waals surface area contributed by atoms with Crippen molar-refractivity contribution in [2.24, 2.45) is 0 Å². The summed E-state index contributed by atoms with van der Waals surface area (Å²) in [7, 11) is 0. The summed E-state index contributed by atoms with van der Waals surface area (Å²) in [6.45, 7) is 10.2. The van der Waals surface area contributed by atoms with Gasteiger partial charge in [-0.05, 0) is 18.2 Å². The molecule has 1 nitrogen and oxygen atoms in total. The molecule has 1 rings (SSSR count). The Hall–Kier alpha value is -1.50. The normalized spacial score (nSPS) is 12.1. The molecule has 0 radical (unpaired) electrons. The smallest absolute Gasteiger partial charge is 0.126 e. The van der Waals surface area contributed by atoms with Crippen molar-refractivity contribution >= 4 is 12.3 Å². The second-order valence-corrected chi connectivity index (χ2v) is 2.66. The summed E-state index contributed by atoms with van der Waals surface area (Å²) in [5.41, 5.74) is 0. The van der Waals surface area contributed by atoms with Crippen molar-refractivity contribution in [3.63, 3.8) is 0 Å². The van der Waals surface area contributed by atoms with Gasteiger partial charge >= 0.3 is 0 Å². The van der Waals surface area contributed by atoms with Gasteiger partial charge in [0.2, 0.25) is 0 Å². The highest BCUT2D eigenvalue weighted by molar-refractivity contribution is 5.48. The molecule has 0 fully saturated rings. The van der Waals surface area contributed by atoms with E-state index in [4.69, 9.17) is 4.74 Å². The first-order chi connectivity index (χ1) is 6.29. The van der Waals surface area contributed by atoms with Gasteiger partial charge in [0.15, 0.2) is 0 Å². The third-order valence-electron chi connectivity index (χ3n) is 1.77. The van der Waals surface area contributed by atoms with Gasteiger partial charge in [0.05, 0.1) is 6.61 Å². The van der Waals surface area contributed by atoms with E-state index in [1.54, 1.807) is 6.08 Å². The van der Waals surface area contributed by atoms with Gasteiger partial charge in [-0.2, -0.15) is 0 Å². The van der Waals surface area contributed by atoms with Crippen LogP contribution in [0.5, 0.6) is 0 Å². The topological polar surface area (TPSA) is 9.23 Å². The molecule has 0 spiro atoms. The summed E-state index contributed by atoms with van der Waals surface area (Å²) in [4.78, 5) is 0. The van der Waals surface area contributed by atoms with E-state index >= 15 is 0 Å². The summed E-state index contributed by atoms with van der Waals surface area (Å²) in [6.07, 6.45) is 1.72. The predicted molar refractivity (Wildman–Crippen MR) is 56.4 cm³/mol. The predicted octanol–water partition coefficient (Wildman–Crippen LogP) is 1.43. The van der Waals surface area contributed by atoms with Crippen molar-refractivity contribution in [1.82, 2.24) is 0 Å². The molecule has 0 N–H and O–H groups in total. The third-order valence-corrected chi connectivity index (χ3v) is 1.77. The highest BCUT2D eigenvalue weighted by Crippen LogP contribution is 1.94. The fourth-order valence-electron chi connectivity index (χ4n) is 1.16. The molecule has 0 aliphatic carbocycles. The Kier molecular flexibility index (Phi) is 3.32. The van der Waals surface area contributed by atoms with Crippen LogP contribution in [0.3, 0.4) is 0 Å². The fraction of sp³-hybridized carbons (Fsp3) is 0.167. The number of benzene rings is 1. The van der Waals surface area contributed by atoms with Gasteiger partial charge in [0.25, 0.3) is 0 Å². The molecule has 68 valence electrons. The molecule has 0 heterocycles. The van der Waals surface area contributed by atoms with Crippen LogP contribution in [0.4, 0.5) is 0 Å². The second kappa shape index (κ2) is 4.51. The zero-order valence-electron chi connectivity index (χ0n) is 7.92. The van der Waals surface area contributed by atoms with Crippen LogP contribution in [-0.2, 0) is 4.74 Å². The van der Waals surface area contributed by atoms with Crippen LogP contribution < -0.4 is 10.4 Å². The molecule has 13 heavy (non-hydrogen) atoms. The van der Waals surface area contributed by atoms with E-state index in [2.05, 4.69) is 13.2 Å². The molecule has 0 aliphatic rings. The standard InChI is InChI=1S/C12H14O/c1-4-12(13-5-2)11-9-7-6-8-10(11)3/h4,6-9H,1,3,5H2,2H3/b12-11+. The minimum atomic E-state index is 0.648. The Morgan fingerprint density at radius 2 is 2.15 bits per heavy atom. The quantitative estimate of drug-likeness (QED) is 0.673. The first-order valence-electron chi connectivity index (χ1n) is 4.33. The Labute approximate surface area is 78.7 Å². The average Bonchev–Trinajstić information content (AvgIpc) is 2.16. The lowest BCUT2D eigenvalue weighted by Gasteiger charge is -2.02. The van der Waals surface area contributed by atoms with Crippen LogP contribution in [0.1, 0.15) is 6.92 Å². The van der Waals surface area contributed by atoms with Crippen molar-refractivity contribution in [1.29, 1.82) is 0 Å². The van der Waals surface area contributed by atoms with E-state index in [-0.39, 0.29) is 0 Å². The monoisotopic (exact) mass is 174 g/mol. The van der Waals surface area contributed by atoms with Crippen LogP contribution in [0, 0.1) is 0 Å². The van der Waals surface area contributed by atoms with Crippen LogP contribution >= 0.6 is 0 Å². The van der Waals surface area contributed by atoms with Crippen molar-refractivity contribution in [3.05, 3.63) is 47.4 Å². The lowest BCUT2D eigenvalue weighted by Crippen LogP contribution is -2.25. The van der Waals surface area contributed by atoms with Gasteiger partial charge in [-0.1, -0.05) is 37.4 Å². The van der Waals surface area contributed by atoms with E-state index in [0.717, 1.165) is 16.2 Å². The van der Waals surface area contributed by atoms with Crippen molar-refractivity contribution < 1.29 is 4.74 Å². The molecule has 0 saturated carbocycles. The number of hydrogen-bond donors (Lipinski definition) is 0. The summed E-state index contributed by atoms with van der Waals surface area (Å²) in [5.74, 6) is 0.799. The zero-order chi connectivity index (χ0) is 9.68. The molecule has 0 aromatic heterocycles. The molecule has 0 bridgehead atoms. The maximum absolute atomic E-state index is 5.42. The van der Waals surface area contributed by atoms with Crippen molar-refractivity contribution in [2.45, 2.75) is 6.92 Å². The van der Waals surface area contributed by atoms with Crippen LogP contribution in [0.25, 0.3) is 12.3 Å². The SMILES string of the molecule is C=C/C(OCC)=c1/ccccc1=C. The van der Waals surface area contributed by atoms with Crippen LogP contribution in [0.2, 0.25) is 0 Å². The summed E-state index contributed by atoms with van der Waals surface area (Å²) >= 11 is 0. The molecule has 0 atom stereocenters. The van der Waals surface area contributed by atoms with E-state index in [1.807, 2.05) is 31.2 Å². The average molecular weight is 174 g/mol. The van der Waals surface area contributed by atoms with E-state index in [0.29, 0.717) is 6.61 Å². The van der Waals surface area contributed by atoms with Gasteiger partial charge in [0, 0.05) is 5.22 Å². The maximum atomic E-state index is 5.42. The molecule has 1 aromatic carbocycles. The summed E-state index contributed by atoms with van der Waals surface area (Å²) in [5, 5.41) is 1.98. The Morgan fingerprint density at radius 3 is 2.69 bits per heavy atom. The van der Waals surface area contributed by atoms with Crippen LogP contribution in [0.15, 0.2) is 36.9 Å². The first kappa shape index (κ1) is 9.59. The molecule has 0 unspecified atom stereocenters. The lowest BCUT2D eigenvalue weighted by molar-refractivity contribution is 0.298. The number of rotatable bonds is 3. The second-order valence-electron chi connectivity index (χ2n) is 2.66. The van der Waals surface area contributed by atoms with Gasteiger partial charge in [-0.15, -0.1) is 0 Å². The third kappa shape index (κ3) is 2.22. The summed E-state index contributed by atoms with van der Waals surface area (Å²) in [6, 6.07) is 7.86. The first-order valence-corrected chi connectivity index (χ1v) is 4.33. The zero-order valence-corrected chi connectivity index (χ0v) is 7.92. The van der Waals surface area contributed by atoms with E-state index in [9.17, 15) is 0 Å². The molecule has 0 saturated heterocycles. The number of hydrogen-bond acceptors (Lipinski definition) is 1. The Bertz CT molecular complexity index is 390. The minimum absolute atomic E-state index is 0.648. The highest BCUT2D eigenvalue weighted by atomic mass is 16.5. The van der Waals surface area contributed by atoms with Gasteiger partial charge in [-0.25, -0.2) is 0 Å². The Balaban J connectivity index is 3.36. The molecular formula is C12H14O. The number of ether oxygens (including phenoxy) is 1. The molecular weight excluding hydrogens is 160 g/mol. The van der Waals surface area contributed by atoms with Crippen LogP contribution in [-0.4, -0.2) is 6.61 Å². The van der Waals surface area contributed by atoms with E-state index in [1.165, 1.54) is 0 Å². The van der Waals surface area contributed by atoms with Gasteiger partial charge in [-0.3, -0.25) is 0 Å². The fourth-order valence-corrected chi connectivity index (χ4v) is 1.16. The molecule has 0 amide bonds. The van der Waals surface area contributed by atoms with E-state index < -0.39 is 0 Å². The minimum Gasteiger partial charge on any atom is -0.493 e. The van der Waals surface area contributed by atoms with Gasteiger partial charge < -0.3 is 4.74 Å². The van der Waals surface area contributed by atoms with Crippen molar-refractivity contribution in [2.75, 3.05) is 6.61 Å². The molecule has 1 aromatic rings. The van der Waals surface area contributed by atoms with Crippen molar-refractivity contribution in [3.8, 4) is 0 Å². The largest absolute Gasteiger partial charge is 0.493 e.